The highest BCUT2D eigenvalue weighted by molar-refractivity contribution is 7.15. The summed E-state index contributed by atoms with van der Waals surface area (Å²) >= 11 is 1.63. The van der Waals surface area contributed by atoms with Crippen molar-refractivity contribution in [2.75, 3.05) is 27.2 Å². The molecule has 0 aliphatic carbocycles. The summed E-state index contributed by atoms with van der Waals surface area (Å²) < 4.78 is 18.7. The average Bonchev–Trinajstić information content (AvgIpc) is 3.26. The molecule has 0 saturated carbocycles. The molecule has 0 radical (unpaired) electrons. The fraction of sp³-hybridized carbons (Fsp3) is 0.304. The number of carbonyl (C=O) groups is 1. The normalized spacial score (nSPS) is 11.5. The van der Waals surface area contributed by atoms with Crippen molar-refractivity contribution in [2.24, 2.45) is 0 Å². The van der Waals surface area contributed by atoms with Crippen molar-refractivity contribution < 1.29 is 19.1 Å². The third-order valence-corrected chi connectivity index (χ3v) is 6.08. The fourth-order valence-corrected chi connectivity index (χ4v) is 4.46. The SMILES string of the molecule is C=O.CNCCC(CCNO)c1nc(-c2ccc(OC)cc2)c(-c2ccc(F)cc2)s1. The number of aromatic nitrogens is 1. The predicted octanol–water partition coefficient (Wildman–Crippen LogP) is 4.50. The lowest BCUT2D eigenvalue weighted by Gasteiger charge is -2.13. The molecule has 1 aromatic heterocycles. The minimum atomic E-state index is -0.259. The van der Waals surface area contributed by atoms with Gasteiger partial charge in [0.25, 0.3) is 0 Å². The highest BCUT2D eigenvalue weighted by Crippen LogP contribution is 2.41. The van der Waals surface area contributed by atoms with Gasteiger partial charge in [-0.25, -0.2) is 14.9 Å². The molecule has 2 aromatic carbocycles. The molecule has 0 aliphatic rings. The van der Waals surface area contributed by atoms with E-state index >= 15 is 0 Å². The highest BCUT2D eigenvalue weighted by Gasteiger charge is 2.21. The number of nitrogens with one attached hydrogen (secondary N) is 2. The molecule has 3 rings (SSSR count). The Morgan fingerprint density at radius 1 is 1.06 bits per heavy atom. The smallest absolute Gasteiger partial charge is 0.123 e. The van der Waals surface area contributed by atoms with Crippen molar-refractivity contribution in [3.63, 3.8) is 0 Å². The van der Waals surface area contributed by atoms with E-state index in [-0.39, 0.29) is 11.7 Å². The monoisotopic (exact) mass is 445 g/mol. The second-order valence-corrected chi connectivity index (χ2v) is 7.78. The number of hydrogen-bond acceptors (Lipinski definition) is 7. The third kappa shape index (κ3) is 6.67. The first kappa shape index (κ1) is 24.6. The van der Waals surface area contributed by atoms with Gasteiger partial charge in [-0.15, -0.1) is 11.3 Å². The highest BCUT2D eigenvalue weighted by atomic mass is 32.1. The van der Waals surface area contributed by atoms with Gasteiger partial charge in [-0.2, -0.15) is 0 Å². The Morgan fingerprint density at radius 3 is 2.26 bits per heavy atom. The van der Waals surface area contributed by atoms with Crippen molar-refractivity contribution in [3.8, 4) is 27.4 Å². The molecule has 0 bridgehead atoms. The molecule has 6 nitrogen and oxygen atoms in total. The average molecular weight is 446 g/mol. The van der Waals surface area contributed by atoms with Gasteiger partial charge >= 0.3 is 0 Å². The van der Waals surface area contributed by atoms with E-state index in [0.717, 1.165) is 51.8 Å². The summed E-state index contributed by atoms with van der Waals surface area (Å²) in [6.07, 6.45) is 1.69. The summed E-state index contributed by atoms with van der Waals surface area (Å²) in [5.74, 6) is 0.733. The first-order chi connectivity index (χ1) is 15.2. The molecule has 0 amide bonds. The zero-order valence-corrected chi connectivity index (χ0v) is 18.5. The van der Waals surface area contributed by atoms with E-state index in [1.165, 1.54) is 12.1 Å². The van der Waals surface area contributed by atoms with E-state index in [1.54, 1.807) is 30.6 Å². The molecular weight excluding hydrogens is 417 g/mol. The van der Waals surface area contributed by atoms with Crippen LogP contribution in [0.4, 0.5) is 4.39 Å². The van der Waals surface area contributed by atoms with Gasteiger partial charge in [-0.1, -0.05) is 12.1 Å². The van der Waals surface area contributed by atoms with Gasteiger partial charge in [0.2, 0.25) is 0 Å². The maximum Gasteiger partial charge on any atom is 0.123 e. The molecule has 31 heavy (non-hydrogen) atoms. The lowest BCUT2D eigenvalue weighted by Crippen LogP contribution is -2.17. The minimum Gasteiger partial charge on any atom is -0.497 e. The summed E-state index contributed by atoms with van der Waals surface area (Å²) in [6.45, 7) is 3.36. The number of methoxy groups -OCH3 is 1. The number of hydroxylamine groups is 1. The van der Waals surface area contributed by atoms with Gasteiger partial charge in [-0.3, -0.25) is 0 Å². The van der Waals surface area contributed by atoms with Crippen molar-refractivity contribution in [3.05, 3.63) is 59.4 Å². The number of rotatable bonds is 10. The van der Waals surface area contributed by atoms with Gasteiger partial charge in [0.15, 0.2) is 0 Å². The molecule has 0 fully saturated rings. The summed E-state index contributed by atoms with van der Waals surface area (Å²) in [5, 5.41) is 13.2. The van der Waals surface area contributed by atoms with Crippen LogP contribution in [0.3, 0.4) is 0 Å². The Hall–Kier alpha value is -2.65. The maximum atomic E-state index is 13.5. The van der Waals surface area contributed by atoms with E-state index in [4.69, 9.17) is 19.7 Å². The Bertz CT molecular complexity index is 909. The van der Waals surface area contributed by atoms with Crippen LogP contribution in [0.1, 0.15) is 23.8 Å². The second-order valence-electron chi connectivity index (χ2n) is 6.75. The van der Waals surface area contributed by atoms with Crippen LogP contribution >= 0.6 is 11.3 Å². The Kier molecular flexibility index (Phi) is 10.3. The number of benzene rings is 2. The van der Waals surface area contributed by atoms with Crippen molar-refractivity contribution in [1.29, 1.82) is 0 Å². The molecule has 1 atom stereocenters. The zero-order valence-electron chi connectivity index (χ0n) is 17.7. The van der Waals surface area contributed by atoms with Crippen LogP contribution in [0.2, 0.25) is 0 Å². The summed E-state index contributed by atoms with van der Waals surface area (Å²) in [5.41, 5.74) is 5.05. The number of ether oxygens (including phenoxy) is 1. The molecule has 3 N–H and O–H groups in total. The van der Waals surface area contributed by atoms with Crippen molar-refractivity contribution in [2.45, 2.75) is 18.8 Å². The van der Waals surface area contributed by atoms with Gasteiger partial charge in [0, 0.05) is 18.0 Å². The number of carbonyl (C=O) groups excluding carboxylic acids is 1. The van der Waals surface area contributed by atoms with Crippen LogP contribution in [0, 0.1) is 5.82 Å². The quantitative estimate of drug-likeness (QED) is 0.399. The molecule has 0 saturated heterocycles. The maximum absolute atomic E-state index is 13.5. The van der Waals surface area contributed by atoms with E-state index in [2.05, 4.69) is 10.8 Å². The second kappa shape index (κ2) is 12.9. The molecule has 1 unspecified atom stereocenters. The summed E-state index contributed by atoms with van der Waals surface area (Å²) in [7, 11) is 3.57. The molecular formula is C23H28FN3O3S. The Morgan fingerprint density at radius 2 is 1.68 bits per heavy atom. The number of nitrogens with zero attached hydrogens (tertiary/aromatic N) is 1. The van der Waals surface area contributed by atoms with Gasteiger partial charge < -0.3 is 20.1 Å². The van der Waals surface area contributed by atoms with Crippen molar-refractivity contribution in [1.82, 2.24) is 15.8 Å². The van der Waals surface area contributed by atoms with Crippen molar-refractivity contribution >= 4 is 18.1 Å². The molecule has 1 heterocycles. The Balaban J connectivity index is 0.00000166. The van der Waals surface area contributed by atoms with Crippen LogP contribution < -0.4 is 15.5 Å². The van der Waals surface area contributed by atoms with Gasteiger partial charge in [0.1, 0.15) is 18.4 Å². The third-order valence-electron chi connectivity index (χ3n) is 4.81. The van der Waals surface area contributed by atoms with E-state index in [0.29, 0.717) is 6.54 Å². The first-order valence-corrected chi connectivity index (χ1v) is 10.7. The predicted molar refractivity (Wildman–Crippen MR) is 122 cm³/mol. The minimum absolute atomic E-state index is 0.207. The molecule has 0 aliphatic heterocycles. The van der Waals surface area contributed by atoms with Crippen LogP contribution in [0.15, 0.2) is 48.5 Å². The summed E-state index contributed by atoms with van der Waals surface area (Å²) in [4.78, 5) is 14.0. The van der Waals surface area contributed by atoms with Crippen LogP contribution in [0.25, 0.3) is 21.7 Å². The fourth-order valence-electron chi connectivity index (χ4n) is 3.20. The molecule has 166 valence electrons. The van der Waals surface area contributed by atoms with E-state index < -0.39 is 0 Å². The summed E-state index contributed by atoms with van der Waals surface area (Å²) in [6, 6.07) is 14.3. The lowest BCUT2D eigenvalue weighted by molar-refractivity contribution is -0.0979. The Labute approximate surface area is 186 Å². The number of thiazole rings is 1. The number of hydrogen-bond donors (Lipinski definition) is 3. The largest absolute Gasteiger partial charge is 0.497 e. The molecule has 0 spiro atoms. The number of halogens is 1. The van der Waals surface area contributed by atoms with Crippen LogP contribution in [-0.2, 0) is 4.79 Å². The molecule has 8 heteroatoms. The standard InChI is InChI=1S/C22H26FN3O2S.CH2O/c1-24-13-11-17(12-14-25-27)22-26-20(15-5-9-19(28-2)10-6-15)21(29-22)16-3-7-18(23)8-4-16;1-2/h3-10,17,24-25,27H,11-14H2,1-2H3;1H2. The van der Waals surface area contributed by atoms with Crippen LogP contribution in [-0.4, -0.2) is 44.2 Å². The van der Waals surface area contributed by atoms with Gasteiger partial charge in [-0.05, 0) is 68.4 Å². The van der Waals surface area contributed by atoms with Gasteiger partial charge in [0.05, 0.1) is 22.7 Å². The zero-order chi connectivity index (χ0) is 22.6. The van der Waals surface area contributed by atoms with E-state index in [9.17, 15) is 4.39 Å². The topological polar surface area (TPSA) is 83.5 Å². The lowest BCUT2D eigenvalue weighted by atomic mass is 10.0. The molecule has 3 aromatic rings. The van der Waals surface area contributed by atoms with Crippen LogP contribution in [0.5, 0.6) is 5.75 Å². The van der Waals surface area contributed by atoms with E-state index in [1.807, 2.05) is 38.1 Å². The first-order valence-electron chi connectivity index (χ1n) is 9.87.